The molecule has 1 aromatic rings. The predicted octanol–water partition coefficient (Wildman–Crippen LogP) is 1.96. The lowest BCUT2D eigenvalue weighted by Gasteiger charge is -2.19. The number of phenols is 1. The van der Waals surface area contributed by atoms with E-state index in [1.165, 1.54) is 0 Å². The van der Waals surface area contributed by atoms with E-state index in [1.807, 2.05) is 0 Å². The monoisotopic (exact) mass is 276 g/mol. The fourth-order valence-corrected chi connectivity index (χ4v) is 2.85. The molecule has 1 aliphatic carbocycles. The number of rotatable bonds is 4. The molecule has 1 unspecified atom stereocenters. The molecule has 0 radical (unpaired) electrons. The average Bonchev–Trinajstić information content (AvgIpc) is 2.71. The van der Waals surface area contributed by atoms with Crippen LogP contribution in [0.2, 0.25) is 0 Å². The maximum Gasteiger partial charge on any atom is 0.237 e. The number of carbonyl (C=O) groups is 1. The highest BCUT2D eigenvalue weighted by molar-refractivity contribution is 5.82. The van der Waals surface area contributed by atoms with Gasteiger partial charge in [0.2, 0.25) is 5.91 Å². The lowest BCUT2D eigenvalue weighted by atomic mass is 9.92. The second-order valence-corrected chi connectivity index (χ2v) is 6.59. The second kappa shape index (κ2) is 5.83. The van der Waals surface area contributed by atoms with E-state index in [4.69, 9.17) is 5.73 Å². The lowest BCUT2D eigenvalue weighted by molar-refractivity contribution is -0.123. The summed E-state index contributed by atoms with van der Waals surface area (Å²) in [6, 6.07) is 6.52. The first kappa shape index (κ1) is 14.9. The molecule has 0 bridgehead atoms. The van der Waals surface area contributed by atoms with Crippen LogP contribution in [-0.4, -0.2) is 23.1 Å². The third-order valence-corrected chi connectivity index (χ3v) is 4.04. The van der Waals surface area contributed by atoms with E-state index in [0.29, 0.717) is 11.8 Å². The maximum absolute atomic E-state index is 12.1. The van der Waals surface area contributed by atoms with Gasteiger partial charge < -0.3 is 16.2 Å². The van der Waals surface area contributed by atoms with E-state index in [2.05, 4.69) is 19.2 Å². The first-order chi connectivity index (χ1) is 9.35. The molecule has 4 nitrogen and oxygen atoms in total. The Morgan fingerprint density at radius 3 is 2.65 bits per heavy atom. The minimum Gasteiger partial charge on any atom is -0.508 e. The first-order valence-corrected chi connectivity index (χ1v) is 7.20. The van der Waals surface area contributed by atoms with Gasteiger partial charge in [0.25, 0.3) is 0 Å². The third-order valence-electron chi connectivity index (χ3n) is 4.04. The minimum absolute atomic E-state index is 0.0826. The smallest absolute Gasteiger partial charge is 0.237 e. The van der Waals surface area contributed by atoms with Gasteiger partial charge in [0, 0.05) is 6.04 Å². The number of nitrogens with one attached hydrogen (secondary N) is 1. The van der Waals surface area contributed by atoms with Crippen molar-refractivity contribution >= 4 is 5.91 Å². The molecular weight excluding hydrogens is 252 g/mol. The number of benzene rings is 1. The molecule has 0 aliphatic heterocycles. The van der Waals surface area contributed by atoms with E-state index < -0.39 is 6.04 Å². The SMILES string of the molecule is CC1(C)CCC(NC(=O)[C@H](N)Cc2ccc(O)cc2)C1. The standard InChI is InChI=1S/C16H24N2O2/c1-16(2)8-7-12(10-16)18-15(20)14(17)9-11-3-5-13(19)6-4-11/h3-6,12,14,19H,7-10,17H2,1-2H3,(H,18,20)/t12?,14-/m1/s1. The van der Waals surface area contributed by atoms with Crippen LogP contribution in [0.1, 0.15) is 38.7 Å². The minimum atomic E-state index is -0.539. The summed E-state index contributed by atoms with van der Waals surface area (Å²) in [6.45, 7) is 4.46. The predicted molar refractivity (Wildman–Crippen MR) is 79.3 cm³/mol. The second-order valence-electron chi connectivity index (χ2n) is 6.59. The molecule has 1 fully saturated rings. The Kier molecular flexibility index (Phi) is 4.33. The molecule has 4 heteroatoms. The van der Waals surface area contributed by atoms with E-state index in [1.54, 1.807) is 24.3 Å². The molecule has 1 aromatic carbocycles. The van der Waals surface area contributed by atoms with Gasteiger partial charge in [0.1, 0.15) is 5.75 Å². The Labute approximate surface area is 120 Å². The van der Waals surface area contributed by atoms with E-state index in [-0.39, 0.29) is 17.7 Å². The van der Waals surface area contributed by atoms with Crippen molar-refractivity contribution in [1.82, 2.24) is 5.32 Å². The van der Waals surface area contributed by atoms with Crippen molar-refractivity contribution in [3.63, 3.8) is 0 Å². The Hall–Kier alpha value is -1.55. The van der Waals surface area contributed by atoms with Crippen molar-refractivity contribution in [3.05, 3.63) is 29.8 Å². The van der Waals surface area contributed by atoms with Gasteiger partial charge in [-0.2, -0.15) is 0 Å². The topological polar surface area (TPSA) is 75.4 Å². The number of nitrogens with two attached hydrogens (primary N) is 1. The van der Waals surface area contributed by atoms with Crippen LogP contribution >= 0.6 is 0 Å². The summed E-state index contributed by atoms with van der Waals surface area (Å²) in [5.41, 5.74) is 7.23. The number of hydrogen-bond donors (Lipinski definition) is 3. The molecule has 110 valence electrons. The normalized spacial score (nSPS) is 22.4. The lowest BCUT2D eigenvalue weighted by Crippen LogP contribution is -2.45. The van der Waals surface area contributed by atoms with Crippen LogP contribution in [0.25, 0.3) is 0 Å². The average molecular weight is 276 g/mol. The molecule has 1 aliphatic rings. The van der Waals surface area contributed by atoms with E-state index in [0.717, 1.165) is 24.8 Å². The molecule has 0 aromatic heterocycles. The summed E-state index contributed by atoms with van der Waals surface area (Å²) in [6.07, 6.45) is 3.68. The molecule has 0 saturated heterocycles. The van der Waals surface area contributed by atoms with Crippen molar-refractivity contribution in [1.29, 1.82) is 0 Å². The van der Waals surface area contributed by atoms with Gasteiger partial charge in [-0.05, 0) is 48.8 Å². The van der Waals surface area contributed by atoms with E-state index in [9.17, 15) is 9.90 Å². The van der Waals surface area contributed by atoms with Gasteiger partial charge in [-0.25, -0.2) is 0 Å². The highest BCUT2D eigenvalue weighted by Crippen LogP contribution is 2.36. The number of phenolic OH excluding ortho intramolecular Hbond substituents is 1. The third kappa shape index (κ3) is 3.97. The number of aromatic hydroxyl groups is 1. The zero-order valence-electron chi connectivity index (χ0n) is 12.2. The van der Waals surface area contributed by atoms with Crippen molar-refractivity contribution in [2.45, 2.75) is 51.6 Å². The summed E-state index contributed by atoms with van der Waals surface area (Å²) in [5.74, 6) is 0.140. The highest BCUT2D eigenvalue weighted by Gasteiger charge is 2.32. The van der Waals surface area contributed by atoms with Crippen LogP contribution in [0.3, 0.4) is 0 Å². The molecule has 0 spiro atoms. The van der Waals surface area contributed by atoms with Gasteiger partial charge in [-0.1, -0.05) is 26.0 Å². The summed E-state index contributed by atoms with van der Waals surface area (Å²) in [7, 11) is 0. The van der Waals surface area contributed by atoms with Gasteiger partial charge in [0.15, 0.2) is 0 Å². The number of amides is 1. The van der Waals surface area contributed by atoms with Gasteiger partial charge >= 0.3 is 0 Å². The summed E-state index contributed by atoms with van der Waals surface area (Å²) in [4.78, 5) is 12.1. The van der Waals surface area contributed by atoms with Crippen molar-refractivity contribution in [2.75, 3.05) is 0 Å². The number of hydrogen-bond acceptors (Lipinski definition) is 3. The summed E-state index contributed by atoms with van der Waals surface area (Å²) < 4.78 is 0. The molecule has 1 amide bonds. The summed E-state index contributed by atoms with van der Waals surface area (Å²) in [5, 5.41) is 12.3. The Bertz CT molecular complexity index is 468. The van der Waals surface area contributed by atoms with Gasteiger partial charge in [0.05, 0.1) is 6.04 Å². The molecule has 0 heterocycles. The van der Waals surface area contributed by atoms with Crippen LogP contribution in [0, 0.1) is 5.41 Å². The van der Waals surface area contributed by atoms with Crippen molar-refractivity contribution in [3.8, 4) is 5.75 Å². The largest absolute Gasteiger partial charge is 0.508 e. The Balaban J connectivity index is 1.85. The van der Waals surface area contributed by atoms with Crippen molar-refractivity contribution < 1.29 is 9.90 Å². The van der Waals surface area contributed by atoms with Crippen LogP contribution in [-0.2, 0) is 11.2 Å². The Morgan fingerprint density at radius 1 is 1.45 bits per heavy atom. The first-order valence-electron chi connectivity index (χ1n) is 7.20. The zero-order valence-corrected chi connectivity index (χ0v) is 12.2. The molecule has 4 N–H and O–H groups in total. The van der Waals surface area contributed by atoms with Crippen LogP contribution in [0.15, 0.2) is 24.3 Å². The molecule has 2 atom stereocenters. The van der Waals surface area contributed by atoms with Crippen LogP contribution in [0.4, 0.5) is 0 Å². The fraction of sp³-hybridized carbons (Fsp3) is 0.562. The quantitative estimate of drug-likeness (QED) is 0.787. The van der Waals surface area contributed by atoms with Crippen molar-refractivity contribution in [2.24, 2.45) is 11.1 Å². The Morgan fingerprint density at radius 2 is 2.10 bits per heavy atom. The molecule has 1 saturated carbocycles. The molecular formula is C16H24N2O2. The molecule has 20 heavy (non-hydrogen) atoms. The molecule has 2 rings (SSSR count). The summed E-state index contributed by atoms with van der Waals surface area (Å²) >= 11 is 0. The van der Waals surface area contributed by atoms with Gasteiger partial charge in [-0.15, -0.1) is 0 Å². The maximum atomic E-state index is 12.1. The van der Waals surface area contributed by atoms with E-state index >= 15 is 0 Å². The van der Waals surface area contributed by atoms with Crippen LogP contribution in [0.5, 0.6) is 5.75 Å². The number of carbonyl (C=O) groups excluding carboxylic acids is 1. The zero-order chi connectivity index (χ0) is 14.8. The van der Waals surface area contributed by atoms with Crippen LogP contribution < -0.4 is 11.1 Å². The fourth-order valence-electron chi connectivity index (χ4n) is 2.85. The van der Waals surface area contributed by atoms with Gasteiger partial charge in [-0.3, -0.25) is 4.79 Å². The highest BCUT2D eigenvalue weighted by atomic mass is 16.3.